The molecule has 2 aromatic carbocycles. The van der Waals surface area contributed by atoms with Gasteiger partial charge in [-0.2, -0.15) is 0 Å². The lowest BCUT2D eigenvalue weighted by atomic mass is 9.73. The quantitative estimate of drug-likeness (QED) is 0.518. The molecule has 0 unspecified atom stereocenters. The molecule has 1 aliphatic carbocycles. The molecule has 1 saturated heterocycles. The van der Waals surface area contributed by atoms with Gasteiger partial charge < -0.3 is 10.6 Å². The Bertz CT molecular complexity index is 981. The molecule has 4 rings (SSSR count). The van der Waals surface area contributed by atoms with Gasteiger partial charge in [-0.15, -0.1) is 11.8 Å². The average Bonchev–Trinajstić information content (AvgIpc) is 3.01. The van der Waals surface area contributed by atoms with Crippen molar-refractivity contribution in [3.05, 3.63) is 60.2 Å². The predicted molar refractivity (Wildman–Crippen MR) is 122 cm³/mol. The zero-order valence-corrected chi connectivity index (χ0v) is 18.4. The Kier molecular flexibility index (Phi) is 6.32. The molecule has 0 bridgehead atoms. The molecule has 2 aliphatic rings. The van der Waals surface area contributed by atoms with Crippen LogP contribution in [0.4, 0.5) is 10.5 Å². The van der Waals surface area contributed by atoms with Crippen molar-refractivity contribution < 1.29 is 14.4 Å². The van der Waals surface area contributed by atoms with Crippen LogP contribution in [0.15, 0.2) is 59.5 Å². The summed E-state index contributed by atoms with van der Waals surface area (Å²) in [6, 6.07) is 17.2. The van der Waals surface area contributed by atoms with Crippen molar-refractivity contribution in [2.75, 3.05) is 11.9 Å². The number of nitrogens with one attached hydrogen (secondary N) is 2. The second-order valence-electron chi connectivity index (χ2n) is 8.26. The van der Waals surface area contributed by atoms with Crippen LogP contribution >= 0.6 is 11.8 Å². The number of imide groups is 1. The first-order valence-electron chi connectivity index (χ1n) is 10.7. The van der Waals surface area contributed by atoms with Gasteiger partial charge in [-0.25, -0.2) is 4.79 Å². The van der Waals surface area contributed by atoms with Gasteiger partial charge in [0, 0.05) is 10.6 Å². The number of thioether (sulfide) groups is 1. The monoisotopic (exact) mass is 437 g/mol. The van der Waals surface area contributed by atoms with Crippen molar-refractivity contribution in [2.45, 2.75) is 48.8 Å². The molecule has 2 atom stereocenters. The summed E-state index contributed by atoms with van der Waals surface area (Å²) in [4.78, 5) is 40.4. The number of carbonyl (C=O) groups excluding carboxylic acids is 3. The maximum absolute atomic E-state index is 13.1. The Morgan fingerprint density at radius 1 is 1.13 bits per heavy atom. The third-order valence-corrected chi connectivity index (χ3v) is 7.35. The number of urea groups is 1. The molecule has 1 aliphatic heterocycles. The Balaban J connectivity index is 1.41. The van der Waals surface area contributed by atoms with E-state index in [-0.39, 0.29) is 24.3 Å². The fraction of sp³-hybridized carbons (Fsp3) is 0.375. The number of carbonyl (C=O) groups is 3. The van der Waals surface area contributed by atoms with E-state index in [2.05, 4.69) is 22.8 Å². The van der Waals surface area contributed by atoms with E-state index in [1.807, 2.05) is 49.4 Å². The molecule has 1 heterocycles. The first-order chi connectivity index (χ1) is 15.0. The highest BCUT2D eigenvalue weighted by Crippen LogP contribution is 2.38. The summed E-state index contributed by atoms with van der Waals surface area (Å²) in [6.45, 7) is 1.72. The summed E-state index contributed by atoms with van der Waals surface area (Å²) in [5, 5.41) is 5.77. The summed E-state index contributed by atoms with van der Waals surface area (Å²) in [5.74, 6) is 0.200. The Hall–Kier alpha value is -2.80. The van der Waals surface area contributed by atoms with Crippen molar-refractivity contribution in [3.8, 4) is 0 Å². The highest BCUT2D eigenvalue weighted by Gasteiger charge is 2.55. The highest BCUT2D eigenvalue weighted by atomic mass is 32.2. The fourth-order valence-electron chi connectivity index (χ4n) is 4.40. The van der Waals surface area contributed by atoms with E-state index in [4.69, 9.17) is 0 Å². The number of amides is 4. The standard InChI is InChI=1S/C24H27N3O3S/c1-17-9-7-8-14-24(17)22(29)27(23(30)26-24)15-21(28)25-19-12-5-6-13-20(19)31-16-18-10-3-2-4-11-18/h2-6,10-13,17H,7-9,14-16H2,1H3,(H,25,28)(H,26,30)/t17-,24+/m1/s1. The second kappa shape index (κ2) is 9.14. The summed E-state index contributed by atoms with van der Waals surface area (Å²) in [7, 11) is 0. The van der Waals surface area contributed by atoms with Crippen molar-refractivity contribution >= 4 is 35.3 Å². The van der Waals surface area contributed by atoms with Crippen LogP contribution in [0, 0.1) is 5.92 Å². The molecule has 1 spiro atoms. The summed E-state index contributed by atoms with van der Waals surface area (Å²) >= 11 is 1.63. The van der Waals surface area contributed by atoms with Crippen LogP contribution in [0.5, 0.6) is 0 Å². The van der Waals surface area contributed by atoms with Gasteiger partial charge in [-0.05, 0) is 36.5 Å². The summed E-state index contributed by atoms with van der Waals surface area (Å²) in [6.07, 6.45) is 3.50. The minimum atomic E-state index is -0.848. The molecule has 6 nitrogen and oxygen atoms in total. The van der Waals surface area contributed by atoms with Crippen molar-refractivity contribution in [1.29, 1.82) is 0 Å². The molecule has 4 amide bonds. The van der Waals surface area contributed by atoms with Crippen LogP contribution in [-0.2, 0) is 15.3 Å². The van der Waals surface area contributed by atoms with Crippen LogP contribution in [0.25, 0.3) is 0 Å². The molecule has 0 radical (unpaired) electrons. The van der Waals surface area contributed by atoms with E-state index in [0.717, 1.165) is 34.8 Å². The number of para-hydroxylation sites is 1. The summed E-state index contributed by atoms with van der Waals surface area (Å²) < 4.78 is 0. The Labute approximate surface area is 186 Å². The number of hydrogen-bond acceptors (Lipinski definition) is 4. The highest BCUT2D eigenvalue weighted by molar-refractivity contribution is 7.98. The minimum Gasteiger partial charge on any atom is -0.324 e. The molecule has 2 fully saturated rings. The maximum Gasteiger partial charge on any atom is 0.325 e. The zero-order chi connectivity index (χ0) is 21.8. The molecule has 162 valence electrons. The normalized spacial score (nSPS) is 23.1. The Morgan fingerprint density at radius 2 is 1.87 bits per heavy atom. The van der Waals surface area contributed by atoms with Crippen LogP contribution in [0.1, 0.15) is 38.2 Å². The molecule has 31 heavy (non-hydrogen) atoms. The Morgan fingerprint density at radius 3 is 2.65 bits per heavy atom. The van der Waals surface area contributed by atoms with Gasteiger partial charge in [-0.3, -0.25) is 14.5 Å². The van der Waals surface area contributed by atoms with Crippen molar-refractivity contribution in [3.63, 3.8) is 0 Å². The van der Waals surface area contributed by atoms with Gasteiger partial charge in [0.1, 0.15) is 12.1 Å². The first kappa shape index (κ1) is 21.4. The lowest BCUT2D eigenvalue weighted by Gasteiger charge is -2.36. The van der Waals surface area contributed by atoms with Crippen molar-refractivity contribution in [2.24, 2.45) is 5.92 Å². The van der Waals surface area contributed by atoms with Crippen molar-refractivity contribution in [1.82, 2.24) is 10.2 Å². The van der Waals surface area contributed by atoms with Gasteiger partial charge in [0.15, 0.2) is 0 Å². The van der Waals surface area contributed by atoms with E-state index in [9.17, 15) is 14.4 Å². The lowest BCUT2D eigenvalue weighted by Crippen LogP contribution is -2.54. The largest absolute Gasteiger partial charge is 0.325 e. The maximum atomic E-state index is 13.1. The van der Waals surface area contributed by atoms with Crippen LogP contribution in [-0.4, -0.2) is 34.8 Å². The SMILES string of the molecule is C[C@@H]1CCCC[C@]12NC(=O)N(CC(=O)Nc1ccccc1SCc1ccccc1)C2=O. The third kappa shape index (κ3) is 4.46. The van der Waals surface area contributed by atoms with E-state index in [1.165, 1.54) is 5.56 Å². The smallest absolute Gasteiger partial charge is 0.324 e. The molecular formula is C24H27N3O3S. The van der Waals surface area contributed by atoms with Gasteiger partial charge in [0.05, 0.1) is 5.69 Å². The first-order valence-corrected chi connectivity index (χ1v) is 11.7. The van der Waals surface area contributed by atoms with Gasteiger partial charge in [-0.1, -0.05) is 62.2 Å². The van der Waals surface area contributed by atoms with Crippen LogP contribution in [0.2, 0.25) is 0 Å². The second-order valence-corrected chi connectivity index (χ2v) is 9.28. The number of rotatable bonds is 6. The number of anilines is 1. The van der Waals surface area contributed by atoms with Gasteiger partial charge in [0.25, 0.3) is 5.91 Å². The molecule has 2 aromatic rings. The average molecular weight is 438 g/mol. The predicted octanol–water partition coefficient (Wildman–Crippen LogP) is 4.42. The van der Waals surface area contributed by atoms with E-state index in [1.54, 1.807) is 11.8 Å². The third-order valence-electron chi connectivity index (χ3n) is 6.20. The van der Waals surface area contributed by atoms with E-state index >= 15 is 0 Å². The number of benzene rings is 2. The van der Waals surface area contributed by atoms with Crippen LogP contribution in [0.3, 0.4) is 0 Å². The molecular weight excluding hydrogens is 410 g/mol. The molecule has 2 N–H and O–H groups in total. The van der Waals surface area contributed by atoms with E-state index < -0.39 is 11.6 Å². The molecule has 1 saturated carbocycles. The lowest BCUT2D eigenvalue weighted by molar-refractivity contribution is -0.136. The fourth-order valence-corrected chi connectivity index (χ4v) is 5.37. The summed E-state index contributed by atoms with van der Waals surface area (Å²) in [5.41, 5.74) is 1.03. The van der Waals surface area contributed by atoms with Crippen LogP contribution < -0.4 is 10.6 Å². The number of hydrogen-bond donors (Lipinski definition) is 2. The molecule has 0 aromatic heterocycles. The van der Waals surface area contributed by atoms with Gasteiger partial charge >= 0.3 is 6.03 Å². The zero-order valence-electron chi connectivity index (χ0n) is 17.6. The topological polar surface area (TPSA) is 78.5 Å². The molecule has 7 heteroatoms. The minimum absolute atomic E-state index is 0.0703. The van der Waals surface area contributed by atoms with Gasteiger partial charge in [0.2, 0.25) is 5.91 Å². The van der Waals surface area contributed by atoms with E-state index in [0.29, 0.717) is 12.1 Å². The number of nitrogens with zero attached hydrogens (tertiary/aromatic N) is 1.